The number of carbonyl (C=O) groups is 2. The fourth-order valence-corrected chi connectivity index (χ4v) is 2.66. The topological polar surface area (TPSA) is 61.4 Å². The summed E-state index contributed by atoms with van der Waals surface area (Å²) < 4.78 is 0. The van der Waals surface area contributed by atoms with E-state index in [1.54, 1.807) is 11.8 Å². The van der Waals surface area contributed by atoms with Gasteiger partial charge in [0.15, 0.2) is 0 Å². The van der Waals surface area contributed by atoms with Crippen LogP contribution in [-0.2, 0) is 9.59 Å². The molecule has 0 unspecified atom stereocenters. The zero-order chi connectivity index (χ0) is 14.4. The fourth-order valence-electron chi connectivity index (χ4n) is 2.10. The summed E-state index contributed by atoms with van der Waals surface area (Å²) >= 11 is 1.61. The molecule has 6 heteroatoms. The number of hydrogen-bond donors (Lipinski definition) is 2. The number of benzene rings is 1. The molecule has 5 nitrogen and oxygen atoms in total. The van der Waals surface area contributed by atoms with Gasteiger partial charge in [0.1, 0.15) is 0 Å². The lowest BCUT2D eigenvalue weighted by atomic mass is 10.2. The molecule has 0 radical (unpaired) electrons. The van der Waals surface area contributed by atoms with Gasteiger partial charge in [-0.15, -0.1) is 11.8 Å². The van der Waals surface area contributed by atoms with Crippen molar-refractivity contribution in [3.05, 3.63) is 24.3 Å². The van der Waals surface area contributed by atoms with Gasteiger partial charge in [-0.3, -0.25) is 14.5 Å². The van der Waals surface area contributed by atoms with Crippen molar-refractivity contribution in [3.63, 3.8) is 0 Å². The van der Waals surface area contributed by atoms with E-state index in [0.717, 1.165) is 17.1 Å². The Morgan fingerprint density at radius 1 is 1.45 bits per heavy atom. The molecule has 0 bridgehead atoms. The van der Waals surface area contributed by atoms with Crippen molar-refractivity contribution in [2.75, 3.05) is 37.8 Å². The monoisotopic (exact) mass is 293 g/mol. The van der Waals surface area contributed by atoms with Gasteiger partial charge in [-0.2, -0.15) is 0 Å². The molecule has 108 valence electrons. The molecule has 2 rings (SSSR count). The lowest BCUT2D eigenvalue weighted by Crippen LogP contribution is -2.48. The number of rotatable bonds is 5. The van der Waals surface area contributed by atoms with Crippen molar-refractivity contribution in [1.29, 1.82) is 0 Å². The molecule has 1 aromatic rings. The first kappa shape index (κ1) is 14.9. The quantitative estimate of drug-likeness (QED) is 0.800. The lowest BCUT2D eigenvalue weighted by molar-refractivity contribution is -0.125. The standard InChI is InChI=1S/C14H19N3O2S/c1-20-12-5-3-2-4-11(12)16-13(18)6-8-17-9-7-15-14(19)10-17/h2-5H,6-10H2,1H3,(H,15,19)(H,16,18). The largest absolute Gasteiger partial charge is 0.354 e. The normalized spacial score (nSPS) is 15.8. The van der Waals surface area contributed by atoms with Gasteiger partial charge in [0.05, 0.1) is 12.2 Å². The van der Waals surface area contributed by atoms with Crippen LogP contribution in [0.15, 0.2) is 29.2 Å². The minimum absolute atomic E-state index is 0.0162. The number of piperazine rings is 1. The second-order valence-corrected chi connectivity index (χ2v) is 5.47. The zero-order valence-corrected chi connectivity index (χ0v) is 12.3. The van der Waals surface area contributed by atoms with E-state index in [-0.39, 0.29) is 11.8 Å². The Bertz CT molecular complexity index is 493. The summed E-state index contributed by atoms with van der Waals surface area (Å²) in [6, 6.07) is 7.74. The number of nitrogens with one attached hydrogen (secondary N) is 2. The van der Waals surface area contributed by atoms with E-state index >= 15 is 0 Å². The number of amides is 2. The van der Waals surface area contributed by atoms with Crippen LogP contribution in [0.25, 0.3) is 0 Å². The number of anilines is 1. The molecular weight excluding hydrogens is 274 g/mol. The lowest BCUT2D eigenvalue weighted by Gasteiger charge is -2.26. The van der Waals surface area contributed by atoms with Crippen LogP contribution in [0.1, 0.15) is 6.42 Å². The molecule has 0 spiro atoms. The highest BCUT2D eigenvalue weighted by Crippen LogP contribution is 2.24. The Labute approximate surface area is 123 Å². The van der Waals surface area contributed by atoms with Crippen LogP contribution in [0.2, 0.25) is 0 Å². The van der Waals surface area contributed by atoms with E-state index in [2.05, 4.69) is 10.6 Å². The maximum Gasteiger partial charge on any atom is 0.234 e. The second kappa shape index (κ2) is 7.31. The Kier molecular flexibility index (Phi) is 5.43. The van der Waals surface area contributed by atoms with Gasteiger partial charge in [-0.1, -0.05) is 12.1 Å². The summed E-state index contributed by atoms with van der Waals surface area (Å²) in [6.45, 7) is 2.46. The van der Waals surface area contributed by atoms with Crippen molar-refractivity contribution in [2.45, 2.75) is 11.3 Å². The number of thioether (sulfide) groups is 1. The van der Waals surface area contributed by atoms with Crippen molar-refractivity contribution in [3.8, 4) is 0 Å². The van der Waals surface area contributed by atoms with E-state index in [1.807, 2.05) is 35.4 Å². The molecule has 1 aliphatic heterocycles. The van der Waals surface area contributed by atoms with Gasteiger partial charge in [-0.05, 0) is 18.4 Å². The predicted molar refractivity (Wildman–Crippen MR) is 80.9 cm³/mol. The number of hydrogen-bond acceptors (Lipinski definition) is 4. The molecule has 1 aromatic carbocycles. The van der Waals surface area contributed by atoms with Gasteiger partial charge in [0, 0.05) is 31.0 Å². The molecule has 0 saturated carbocycles. The molecule has 1 saturated heterocycles. The average Bonchev–Trinajstić information content (AvgIpc) is 2.46. The van der Waals surface area contributed by atoms with Gasteiger partial charge < -0.3 is 10.6 Å². The first-order chi connectivity index (χ1) is 9.69. The molecule has 0 aliphatic carbocycles. The second-order valence-electron chi connectivity index (χ2n) is 4.62. The summed E-state index contributed by atoms with van der Waals surface area (Å²) in [4.78, 5) is 26.2. The summed E-state index contributed by atoms with van der Waals surface area (Å²) in [5.74, 6) is 0.0156. The molecule has 2 amide bonds. The SMILES string of the molecule is CSc1ccccc1NC(=O)CCN1CCNC(=O)C1. The van der Waals surface area contributed by atoms with Gasteiger partial charge in [-0.25, -0.2) is 0 Å². The van der Waals surface area contributed by atoms with Crippen LogP contribution in [0.5, 0.6) is 0 Å². The van der Waals surface area contributed by atoms with Gasteiger partial charge in [0.2, 0.25) is 11.8 Å². The van der Waals surface area contributed by atoms with E-state index in [0.29, 0.717) is 26.1 Å². The Morgan fingerprint density at radius 3 is 3.00 bits per heavy atom. The fraction of sp³-hybridized carbons (Fsp3) is 0.429. The molecule has 20 heavy (non-hydrogen) atoms. The maximum atomic E-state index is 12.0. The highest BCUT2D eigenvalue weighted by Gasteiger charge is 2.16. The van der Waals surface area contributed by atoms with Crippen LogP contribution in [0.3, 0.4) is 0 Å². The molecule has 0 atom stereocenters. The van der Waals surface area contributed by atoms with Crippen molar-refractivity contribution in [1.82, 2.24) is 10.2 Å². The van der Waals surface area contributed by atoms with Crippen molar-refractivity contribution >= 4 is 29.3 Å². The number of carbonyl (C=O) groups excluding carboxylic acids is 2. The first-order valence-electron chi connectivity index (χ1n) is 6.61. The van der Waals surface area contributed by atoms with Crippen LogP contribution in [0, 0.1) is 0 Å². The van der Waals surface area contributed by atoms with Crippen molar-refractivity contribution in [2.24, 2.45) is 0 Å². The zero-order valence-electron chi connectivity index (χ0n) is 11.5. The first-order valence-corrected chi connectivity index (χ1v) is 7.83. The minimum Gasteiger partial charge on any atom is -0.354 e. The molecule has 0 aromatic heterocycles. The average molecular weight is 293 g/mol. The van der Waals surface area contributed by atoms with Crippen LogP contribution in [0.4, 0.5) is 5.69 Å². The number of nitrogens with zero attached hydrogens (tertiary/aromatic N) is 1. The number of para-hydroxylation sites is 1. The molecule has 1 aliphatic rings. The van der Waals surface area contributed by atoms with E-state index in [1.165, 1.54) is 0 Å². The summed E-state index contributed by atoms with van der Waals surface area (Å²) in [5.41, 5.74) is 0.849. The maximum absolute atomic E-state index is 12.0. The summed E-state index contributed by atoms with van der Waals surface area (Å²) in [6.07, 6.45) is 2.38. The van der Waals surface area contributed by atoms with Gasteiger partial charge >= 0.3 is 0 Å². The highest BCUT2D eigenvalue weighted by atomic mass is 32.2. The van der Waals surface area contributed by atoms with E-state index < -0.39 is 0 Å². The smallest absolute Gasteiger partial charge is 0.234 e. The highest BCUT2D eigenvalue weighted by molar-refractivity contribution is 7.98. The van der Waals surface area contributed by atoms with Gasteiger partial charge in [0.25, 0.3) is 0 Å². The third-order valence-electron chi connectivity index (χ3n) is 3.15. The Hall–Kier alpha value is -1.53. The third kappa shape index (κ3) is 4.25. The van der Waals surface area contributed by atoms with Crippen LogP contribution < -0.4 is 10.6 Å². The third-order valence-corrected chi connectivity index (χ3v) is 3.95. The van der Waals surface area contributed by atoms with E-state index in [4.69, 9.17) is 0 Å². The summed E-state index contributed by atoms with van der Waals surface area (Å²) in [7, 11) is 0. The minimum atomic E-state index is -0.0162. The predicted octanol–water partition coefficient (Wildman–Crippen LogP) is 1.17. The van der Waals surface area contributed by atoms with Crippen LogP contribution in [-0.4, -0.2) is 49.1 Å². The van der Waals surface area contributed by atoms with E-state index in [9.17, 15) is 9.59 Å². The molecule has 1 heterocycles. The molecule has 2 N–H and O–H groups in total. The Morgan fingerprint density at radius 2 is 2.25 bits per heavy atom. The molecule has 1 fully saturated rings. The van der Waals surface area contributed by atoms with Crippen molar-refractivity contribution < 1.29 is 9.59 Å². The molecular formula is C14H19N3O2S. The Balaban J connectivity index is 1.82. The van der Waals surface area contributed by atoms with Crippen LogP contribution >= 0.6 is 11.8 Å². The summed E-state index contributed by atoms with van der Waals surface area (Å²) in [5, 5.41) is 5.70.